The Morgan fingerprint density at radius 1 is 1.35 bits per heavy atom. The van der Waals surface area contributed by atoms with Gasteiger partial charge in [0.1, 0.15) is 12.2 Å². The summed E-state index contributed by atoms with van der Waals surface area (Å²) in [5, 5.41) is 12.5. The average Bonchev–Trinajstić information content (AvgIpc) is 2.91. The highest BCUT2D eigenvalue weighted by atomic mass is 32.1. The first-order valence-electron chi connectivity index (χ1n) is 5.32. The van der Waals surface area contributed by atoms with Crippen LogP contribution in [-0.4, -0.2) is 10.9 Å². The van der Waals surface area contributed by atoms with Gasteiger partial charge in [0.05, 0.1) is 11.0 Å². The zero-order valence-corrected chi connectivity index (χ0v) is 10.7. The van der Waals surface area contributed by atoms with Gasteiger partial charge in [-0.15, -0.1) is 11.3 Å². The van der Waals surface area contributed by atoms with Crippen molar-refractivity contribution in [2.75, 3.05) is 0 Å². The van der Waals surface area contributed by atoms with E-state index in [4.69, 9.17) is 4.74 Å². The first-order valence-corrected chi connectivity index (χ1v) is 6.20. The number of benzene rings is 1. The Morgan fingerprint density at radius 2 is 2.05 bits per heavy atom. The van der Waals surface area contributed by atoms with Crippen LogP contribution in [-0.2, 0) is 11.3 Å². The molecular weight excluding hydrogens is 292 g/mol. The van der Waals surface area contributed by atoms with Gasteiger partial charge in [-0.2, -0.15) is 0 Å². The highest BCUT2D eigenvalue weighted by Gasteiger charge is 2.25. The lowest BCUT2D eigenvalue weighted by atomic mass is 10.1. The summed E-state index contributed by atoms with van der Waals surface area (Å²) in [6.07, 6.45) is 0. The molecule has 5 nitrogen and oxygen atoms in total. The predicted molar refractivity (Wildman–Crippen MR) is 66.5 cm³/mol. The third kappa shape index (κ3) is 2.97. The number of hydrogen-bond acceptors (Lipinski definition) is 5. The van der Waals surface area contributed by atoms with Crippen LogP contribution in [0.25, 0.3) is 0 Å². The van der Waals surface area contributed by atoms with E-state index in [1.807, 2.05) is 0 Å². The van der Waals surface area contributed by atoms with Gasteiger partial charge in [0.15, 0.2) is 11.6 Å². The van der Waals surface area contributed by atoms with Crippen LogP contribution >= 0.6 is 11.3 Å². The molecule has 0 bridgehead atoms. The molecule has 1 aromatic heterocycles. The van der Waals surface area contributed by atoms with E-state index >= 15 is 0 Å². The summed E-state index contributed by atoms with van der Waals surface area (Å²) in [4.78, 5) is 22.2. The van der Waals surface area contributed by atoms with Gasteiger partial charge in [0.2, 0.25) is 0 Å². The molecule has 2 rings (SSSR count). The number of nitro groups is 1. The van der Waals surface area contributed by atoms with E-state index in [1.54, 1.807) is 17.5 Å². The van der Waals surface area contributed by atoms with Crippen molar-refractivity contribution >= 4 is 23.0 Å². The van der Waals surface area contributed by atoms with E-state index in [-0.39, 0.29) is 6.61 Å². The molecule has 0 aliphatic rings. The van der Waals surface area contributed by atoms with E-state index in [0.29, 0.717) is 12.1 Å². The van der Waals surface area contributed by atoms with Crippen LogP contribution in [0, 0.1) is 21.7 Å². The second-order valence-electron chi connectivity index (χ2n) is 3.70. The number of nitrogens with zero attached hydrogens (tertiary/aromatic N) is 1. The molecule has 0 atom stereocenters. The number of nitro benzene ring substituents is 1. The van der Waals surface area contributed by atoms with Crippen LogP contribution in [0.2, 0.25) is 0 Å². The molecule has 0 aliphatic carbocycles. The molecule has 104 valence electrons. The van der Waals surface area contributed by atoms with Crippen LogP contribution in [0.5, 0.6) is 0 Å². The van der Waals surface area contributed by atoms with E-state index in [9.17, 15) is 23.7 Å². The van der Waals surface area contributed by atoms with Crippen molar-refractivity contribution < 1.29 is 23.2 Å². The van der Waals surface area contributed by atoms with Crippen molar-refractivity contribution in [3.63, 3.8) is 0 Å². The Morgan fingerprint density at radius 3 is 2.65 bits per heavy atom. The Balaban J connectivity index is 2.24. The van der Waals surface area contributed by atoms with Crippen LogP contribution < -0.4 is 0 Å². The van der Waals surface area contributed by atoms with Crippen molar-refractivity contribution in [3.05, 3.63) is 61.8 Å². The monoisotopic (exact) mass is 299 g/mol. The Labute approximate surface area is 115 Å². The van der Waals surface area contributed by atoms with Crippen LogP contribution in [0.3, 0.4) is 0 Å². The van der Waals surface area contributed by atoms with Gasteiger partial charge in [0, 0.05) is 4.88 Å². The SMILES string of the molecule is O=C(OCc1cccs1)c1cc(F)c(F)cc1[N+](=O)[O-]. The molecule has 0 saturated carbocycles. The molecule has 0 N–H and O–H groups in total. The number of rotatable bonds is 4. The molecule has 0 radical (unpaired) electrons. The number of carbonyl (C=O) groups excluding carboxylic acids is 1. The second-order valence-corrected chi connectivity index (χ2v) is 4.73. The molecule has 0 amide bonds. The molecular formula is C12H7F2NO4S. The maximum Gasteiger partial charge on any atom is 0.345 e. The van der Waals surface area contributed by atoms with Crippen LogP contribution in [0.1, 0.15) is 15.2 Å². The fraction of sp³-hybridized carbons (Fsp3) is 0.0833. The summed E-state index contributed by atoms with van der Waals surface area (Å²) >= 11 is 1.33. The summed E-state index contributed by atoms with van der Waals surface area (Å²) in [5.74, 6) is -3.82. The lowest BCUT2D eigenvalue weighted by molar-refractivity contribution is -0.385. The normalized spacial score (nSPS) is 10.3. The molecule has 0 fully saturated rings. The van der Waals surface area contributed by atoms with E-state index in [0.717, 1.165) is 4.88 Å². The lowest BCUT2D eigenvalue weighted by Crippen LogP contribution is -2.09. The average molecular weight is 299 g/mol. The fourth-order valence-electron chi connectivity index (χ4n) is 1.46. The number of ether oxygens (including phenoxy) is 1. The Kier molecular flexibility index (Phi) is 4.04. The molecule has 20 heavy (non-hydrogen) atoms. The third-order valence-electron chi connectivity index (χ3n) is 2.38. The van der Waals surface area contributed by atoms with Crippen molar-refractivity contribution in [1.29, 1.82) is 0 Å². The number of carbonyl (C=O) groups is 1. The van der Waals surface area contributed by atoms with E-state index < -0.39 is 33.8 Å². The zero-order valence-electron chi connectivity index (χ0n) is 9.84. The van der Waals surface area contributed by atoms with E-state index in [1.165, 1.54) is 11.3 Å². The highest BCUT2D eigenvalue weighted by molar-refractivity contribution is 7.09. The minimum absolute atomic E-state index is 0.0906. The van der Waals surface area contributed by atoms with Crippen molar-refractivity contribution in [3.8, 4) is 0 Å². The molecule has 0 spiro atoms. The summed E-state index contributed by atoms with van der Waals surface area (Å²) in [7, 11) is 0. The number of hydrogen-bond donors (Lipinski definition) is 0. The first-order chi connectivity index (χ1) is 9.49. The van der Waals surface area contributed by atoms with Gasteiger partial charge in [-0.25, -0.2) is 13.6 Å². The van der Waals surface area contributed by atoms with Crippen molar-refractivity contribution in [2.45, 2.75) is 6.61 Å². The number of halogens is 2. The molecule has 0 saturated heterocycles. The Hall–Kier alpha value is -2.35. The topological polar surface area (TPSA) is 69.4 Å². The second kappa shape index (κ2) is 5.74. The minimum atomic E-state index is -1.40. The van der Waals surface area contributed by atoms with Crippen molar-refractivity contribution in [2.24, 2.45) is 0 Å². The quantitative estimate of drug-likeness (QED) is 0.493. The highest BCUT2D eigenvalue weighted by Crippen LogP contribution is 2.23. The predicted octanol–water partition coefficient (Wildman–Crippen LogP) is 3.29. The molecule has 1 aromatic carbocycles. The van der Waals surface area contributed by atoms with Gasteiger partial charge >= 0.3 is 5.97 Å². The molecule has 8 heteroatoms. The standard InChI is InChI=1S/C12H7F2NO4S/c13-9-4-8(11(15(17)18)5-10(9)14)12(16)19-6-7-2-1-3-20-7/h1-5H,6H2. The maximum absolute atomic E-state index is 13.1. The molecule has 0 unspecified atom stereocenters. The minimum Gasteiger partial charge on any atom is -0.456 e. The van der Waals surface area contributed by atoms with Crippen LogP contribution in [0.15, 0.2) is 29.6 Å². The smallest absolute Gasteiger partial charge is 0.345 e. The van der Waals surface area contributed by atoms with Gasteiger partial charge in [-0.3, -0.25) is 10.1 Å². The number of esters is 1. The summed E-state index contributed by atoms with van der Waals surface area (Å²) in [5.41, 5.74) is -1.45. The van der Waals surface area contributed by atoms with Gasteiger partial charge in [-0.05, 0) is 17.5 Å². The summed E-state index contributed by atoms with van der Waals surface area (Å²) < 4.78 is 30.9. The van der Waals surface area contributed by atoms with Gasteiger partial charge in [-0.1, -0.05) is 6.07 Å². The van der Waals surface area contributed by atoms with E-state index in [2.05, 4.69) is 0 Å². The van der Waals surface area contributed by atoms with Crippen molar-refractivity contribution in [1.82, 2.24) is 0 Å². The maximum atomic E-state index is 13.1. The fourth-order valence-corrected chi connectivity index (χ4v) is 2.08. The largest absolute Gasteiger partial charge is 0.456 e. The number of thiophene rings is 1. The first kappa shape index (κ1) is 14.1. The zero-order chi connectivity index (χ0) is 14.7. The Bertz CT molecular complexity index is 658. The summed E-state index contributed by atoms with van der Waals surface area (Å²) in [6.45, 7) is -0.0906. The molecule has 2 aromatic rings. The molecule has 1 heterocycles. The lowest BCUT2D eigenvalue weighted by Gasteiger charge is -2.05. The molecule has 0 aliphatic heterocycles. The van der Waals surface area contributed by atoms with Crippen LogP contribution in [0.4, 0.5) is 14.5 Å². The summed E-state index contributed by atoms with van der Waals surface area (Å²) in [6, 6.07) is 4.27. The van der Waals surface area contributed by atoms with Gasteiger partial charge in [0.25, 0.3) is 5.69 Å². The van der Waals surface area contributed by atoms with Gasteiger partial charge < -0.3 is 4.74 Å². The third-order valence-corrected chi connectivity index (χ3v) is 3.23.